The largest absolute Gasteiger partial charge is 0.442 e. The van der Waals surface area contributed by atoms with E-state index in [0.29, 0.717) is 0 Å². The first-order chi connectivity index (χ1) is 7.38. The van der Waals surface area contributed by atoms with Crippen LogP contribution in [-0.2, 0) is 4.74 Å². The number of nitrogens with zero attached hydrogens (tertiary/aromatic N) is 2. The molecule has 0 aliphatic rings. The third-order valence-corrected chi connectivity index (χ3v) is 3.50. The zero-order valence-corrected chi connectivity index (χ0v) is 12.1. The first-order valence-corrected chi connectivity index (χ1v) is 6.69. The van der Waals surface area contributed by atoms with Crippen LogP contribution >= 0.6 is 33.9 Å². The summed E-state index contributed by atoms with van der Waals surface area (Å²) in [6.45, 7) is 5.51. The van der Waals surface area contributed by atoms with Crippen molar-refractivity contribution in [2.45, 2.75) is 26.4 Å². The van der Waals surface area contributed by atoms with Crippen LogP contribution in [0, 0.1) is 3.70 Å². The lowest BCUT2D eigenvalue weighted by molar-refractivity contribution is 0.0523. The highest BCUT2D eigenvalue weighted by Gasteiger charge is 2.21. The zero-order chi connectivity index (χ0) is 11.9. The Morgan fingerprint density at radius 3 is 2.88 bits per heavy atom. The van der Waals surface area contributed by atoms with Gasteiger partial charge in [-0.15, -0.1) is 11.3 Å². The van der Waals surface area contributed by atoms with Crippen molar-refractivity contribution in [3.63, 3.8) is 0 Å². The predicted molar refractivity (Wildman–Crippen MR) is 72.0 cm³/mol. The van der Waals surface area contributed by atoms with Gasteiger partial charge in [0.25, 0.3) is 0 Å². The van der Waals surface area contributed by atoms with E-state index in [9.17, 15) is 4.79 Å². The van der Waals surface area contributed by atoms with E-state index in [0.717, 1.165) is 13.9 Å². The van der Waals surface area contributed by atoms with Crippen molar-refractivity contribution in [1.82, 2.24) is 9.78 Å². The topological polar surface area (TPSA) is 44.1 Å². The minimum absolute atomic E-state index is 0.428. The summed E-state index contributed by atoms with van der Waals surface area (Å²) >= 11 is 3.60. The molecule has 0 aliphatic carbocycles. The van der Waals surface area contributed by atoms with E-state index in [4.69, 9.17) is 4.74 Å². The molecule has 2 rings (SSSR count). The molecular weight excluding hydrogens is 339 g/mol. The number of carbonyl (C=O) groups is 1. The second kappa shape index (κ2) is 3.99. The van der Waals surface area contributed by atoms with Crippen LogP contribution in [0.2, 0.25) is 0 Å². The van der Waals surface area contributed by atoms with Crippen LogP contribution in [-0.4, -0.2) is 21.5 Å². The SMILES string of the molecule is CC(C)(C)OC(=O)n1nc(I)c2ccsc21. The number of hydrogen-bond acceptors (Lipinski definition) is 4. The maximum absolute atomic E-state index is 11.9. The Hall–Kier alpha value is -0.630. The van der Waals surface area contributed by atoms with E-state index in [1.165, 1.54) is 16.0 Å². The summed E-state index contributed by atoms with van der Waals surface area (Å²) in [5, 5.41) is 7.11. The maximum Gasteiger partial charge on any atom is 0.436 e. The van der Waals surface area contributed by atoms with E-state index < -0.39 is 11.7 Å². The maximum atomic E-state index is 11.9. The summed E-state index contributed by atoms with van der Waals surface area (Å²) in [5.74, 6) is 0. The van der Waals surface area contributed by atoms with Gasteiger partial charge in [0.05, 0.1) is 0 Å². The van der Waals surface area contributed by atoms with Gasteiger partial charge in [0, 0.05) is 5.39 Å². The van der Waals surface area contributed by atoms with Crippen LogP contribution in [0.4, 0.5) is 4.79 Å². The standard InChI is InChI=1S/C10H11IN2O2S/c1-10(2,3)15-9(14)13-8-6(4-5-16-8)7(11)12-13/h4-5H,1-3H3. The molecule has 0 N–H and O–H groups in total. The molecule has 16 heavy (non-hydrogen) atoms. The van der Waals surface area contributed by atoms with Crippen LogP contribution in [0.3, 0.4) is 0 Å². The van der Waals surface area contributed by atoms with E-state index >= 15 is 0 Å². The van der Waals surface area contributed by atoms with Crippen LogP contribution in [0.1, 0.15) is 20.8 Å². The Morgan fingerprint density at radius 2 is 2.25 bits per heavy atom. The fourth-order valence-corrected chi connectivity index (χ4v) is 2.91. The molecule has 0 aromatic carbocycles. The van der Waals surface area contributed by atoms with Gasteiger partial charge in [-0.25, -0.2) is 4.79 Å². The van der Waals surface area contributed by atoms with Gasteiger partial charge in [-0.05, 0) is 54.8 Å². The quantitative estimate of drug-likeness (QED) is 0.684. The molecule has 0 unspecified atom stereocenters. The number of ether oxygens (including phenoxy) is 1. The van der Waals surface area contributed by atoms with Gasteiger partial charge < -0.3 is 4.74 Å². The number of fused-ring (bicyclic) bond motifs is 1. The molecular formula is C10H11IN2O2S. The third-order valence-electron chi connectivity index (χ3n) is 1.81. The van der Waals surface area contributed by atoms with Crippen LogP contribution in [0.15, 0.2) is 11.4 Å². The average molecular weight is 350 g/mol. The van der Waals surface area contributed by atoms with Gasteiger partial charge in [-0.3, -0.25) is 0 Å². The Kier molecular flexibility index (Phi) is 2.95. The Labute approximate surface area is 111 Å². The van der Waals surface area contributed by atoms with Gasteiger partial charge in [0.2, 0.25) is 0 Å². The summed E-state index contributed by atoms with van der Waals surface area (Å²) in [5.41, 5.74) is -0.502. The van der Waals surface area contributed by atoms with Crippen LogP contribution < -0.4 is 0 Å². The van der Waals surface area contributed by atoms with Crippen molar-refractivity contribution in [1.29, 1.82) is 0 Å². The lowest BCUT2D eigenvalue weighted by Crippen LogP contribution is -2.27. The lowest BCUT2D eigenvalue weighted by atomic mass is 10.2. The second-order valence-electron chi connectivity index (χ2n) is 4.32. The summed E-state index contributed by atoms with van der Waals surface area (Å²) in [4.78, 5) is 12.7. The molecule has 0 amide bonds. The molecule has 0 bridgehead atoms. The highest BCUT2D eigenvalue weighted by Crippen LogP contribution is 2.25. The molecule has 6 heteroatoms. The highest BCUT2D eigenvalue weighted by molar-refractivity contribution is 14.1. The van der Waals surface area contributed by atoms with Gasteiger partial charge in [0.1, 0.15) is 14.1 Å². The van der Waals surface area contributed by atoms with E-state index in [-0.39, 0.29) is 0 Å². The second-order valence-corrected chi connectivity index (χ2v) is 6.24. The van der Waals surface area contributed by atoms with Gasteiger partial charge in [-0.2, -0.15) is 9.78 Å². The third kappa shape index (κ3) is 2.22. The van der Waals surface area contributed by atoms with Crippen LogP contribution in [0.5, 0.6) is 0 Å². The minimum atomic E-state index is -0.502. The van der Waals surface area contributed by atoms with Crippen molar-refractivity contribution < 1.29 is 9.53 Å². The molecule has 2 aromatic heterocycles. The molecule has 86 valence electrons. The summed E-state index contributed by atoms with van der Waals surface area (Å²) in [7, 11) is 0. The normalized spacial score (nSPS) is 12.0. The van der Waals surface area contributed by atoms with Crippen molar-refractivity contribution in [2.75, 3.05) is 0 Å². The number of aromatic nitrogens is 2. The Balaban J connectivity index is 2.40. The zero-order valence-electron chi connectivity index (χ0n) is 9.15. The van der Waals surface area contributed by atoms with Crippen molar-refractivity contribution in [2.24, 2.45) is 0 Å². The average Bonchev–Trinajstić information content (AvgIpc) is 2.66. The molecule has 0 fully saturated rings. The van der Waals surface area contributed by atoms with Gasteiger partial charge >= 0.3 is 6.09 Å². The molecule has 0 radical (unpaired) electrons. The minimum Gasteiger partial charge on any atom is -0.442 e. The summed E-state index contributed by atoms with van der Waals surface area (Å²) in [6, 6.07) is 1.95. The fraction of sp³-hybridized carbons (Fsp3) is 0.400. The van der Waals surface area contributed by atoms with Crippen molar-refractivity contribution in [3.8, 4) is 0 Å². The first kappa shape index (κ1) is 11.8. The van der Waals surface area contributed by atoms with Gasteiger partial charge in [-0.1, -0.05) is 0 Å². The number of carbonyl (C=O) groups excluding carboxylic acids is 1. The molecule has 4 nitrogen and oxygen atoms in total. The first-order valence-electron chi connectivity index (χ1n) is 4.73. The van der Waals surface area contributed by atoms with Crippen molar-refractivity contribution >= 4 is 50.2 Å². The van der Waals surface area contributed by atoms with Crippen molar-refractivity contribution in [3.05, 3.63) is 15.1 Å². The Bertz CT molecular complexity index is 538. The molecule has 0 aliphatic heterocycles. The molecule has 0 saturated carbocycles. The molecule has 0 saturated heterocycles. The van der Waals surface area contributed by atoms with E-state index in [1.54, 1.807) is 0 Å². The number of thiophene rings is 1. The highest BCUT2D eigenvalue weighted by atomic mass is 127. The number of rotatable bonds is 0. The molecule has 2 heterocycles. The van der Waals surface area contributed by atoms with E-state index in [1.807, 2.05) is 32.2 Å². The molecule has 0 spiro atoms. The molecule has 2 aromatic rings. The molecule has 0 atom stereocenters. The van der Waals surface area contributed by atoms with Gasteiger partial charge in [0.15, 0.2) is 0 Å². The number of halogens is 1. The Morgan fingerprint density at radius 1 is 1.56 bits per heavy atom. The fourth-order valence-electron chi connectivity index (χ4n) is 1.24. The van der Waals surface area contributed by atoms with E-state index in [2.05, 4.69) is 27.7 Å². The summed E-state index contributed by atoms with van der Waals surface area (Å²) < 4.78 is 7.43. The lowest BCUT2D eigenvalue weighted by Gasteiger charge is -2.18. The number of hydrogen-bond donors (Lipinski definition) is 0. The smallest absolute Gasteiger partial charge is 0.436 e. The monoisotopic (exact) mass is 350 g/mol. The predicted octanol–water partition coefficient (Wildman–Crippen LogP) is 3.49. The van der Waals surface area contributed by atoms with Crippen LogP contribution in [0.25, 0.3) is 10.2 Å². The summed E-state index contributed by atoms with van der Waals surface area (Å²) in [6.07, 6.45) is -0.428.